The Hall–Kier alpha value is -3.54. The van der Waals surface area contributed by atoms with Crippen molar-refractivity contribution < 1.29 is 9.53 Å². The number of pyridine rings is 1. The zero-order valence-electron chi connectivity index (χ0n) is 18.1. The minimum absolute atomic E-state index is 0.00927. The molecule has 1 saturated heterocycles. The minimum atomic E-state index is -0.220. The summed E-state index contributed by atoms with van der Waals surface area (Å²) in [5, 5.41) is 3.16. The molecule has 5 rings (SSSR count). The number of carbonyl (C=O) groups excluding carboxylic acids is 1. The summed E-state index contributed by atoms with van der Waals surface area (Å²) in [6, 6.07) is 23.4. The highest BCUT2D eigenvalue weighted by Gasteiger charge is 2.34. The Labute approximate surface area is 187 Å². The summed E-state index contributed by atoms with van der Waals surface area (Å²) in [6.07, 6.45) is 2.03. The molecule has 32 heavy (non-hydrogen) atoms. The van der Waals surface area contributed by atoms with Crippen LogP contribution < -0.4 is 15.6 Å². The third-order valence-corrected chi connectivity index (χ3v) is 6.12. The van der Waals surface area contributed by atoms with E-state index in [1.54, 1.807) is 11.0 Å². The first-order valence-electron chi connectivity index (χ1n) is 11.1. The van der Waals surface area contributed by atoms with Gasteiger partial charge in [0.05, 0.1) is 19.1 Å². The molecule has 2 heterocycles. The standard InChI is InChI=1S/C26H27N3O3/c1-18-14-22(15-24(30)29(18)21-12-13-21)32-23-16-28(17-23)26(31)27-25(19-8-4-2-5-9-19)20-10-6-3-7-11-20/h2-11,14-15,21,23,25H,12-13,16-17H2,1H3,(H,27,31). The van der Waals surface area contributed by atoms with Crippen LogP contribution >= 0.6 is 0 Å². The number of amides is 2. The van der Waals surface area contributed by atoms with E-state index < -0.39 is 0 Å². The van der Waals surface area contributed by atoms with Gasteiger partial charge in [0.1, 0.15) is 11.9 Å². The van der Waals surface area contributed by atoms with Crippen molar-refractivity contribution >= 4 is 6.03 Å². The fourth-order valence-corrected chi connectivity index (χ4v) is 4.29. The van der Waals surface area contributed by atoms with Crippen LogP contribution in [0.4, 0.5) is 4.79 Å². The number of benzene rings is 2. The molecular weight excluding hydrogens is 402 g/mol. The Morgan fingerprint density at radius 2 is 1.56 bits per heavy atom. The van der Waals surface area contributed by atoms with E-state index in [0.717, 1.165) is 29.7 Å². The largest absolute Gasteiger partial charge is 0.486 e. The predicted molar refractivity (Wildman–Crippen MR) is 123 cm³/mol. The van der Waals surface area contributed by atoms with Crippen molar-refractivity contribution in [3.63, 3.8) is 0 Å². The predicted octanol–water partition coefficient (Wildman–Crippen LogP) is 4.05. The molecule has 1 N–H and O–H groups in total. The molecule has 1 aliphatic heterocycles. The number of likely N-dealkylation sites (tertiary alicyclic amines) is 1. The summed E-state index contributed by atoms with van der Waals surface area (Å²) in [5.74, 6) is 0.584. The third kappa shape index (κ3) is 4.26. The van der Waals surface area contributed by atoms with E-state index in [1.165, 1.54) is 0 Å². The highest BCUT2D eigenvalue weighted by Crippen LogP contribution is 2.35. The zero-order chi connectivity index (χ0) is 22.1. The molecule has 1 aliphatic carbocycles. The molecule has 2 fully saturated rings. The van der Waals surface area contributed by atoms with Gasteiger partial charge in [-0.2, -0.15) is 0 Å². The van der Waals surface area contributed by atoms with Crippen LogP contribution in [0.1, 0.15) is 41.7 Å². The van der Waals surface area contributed by atoms with Gasteiger partial charge in [0.15, 0.2) is 0 Å². The summed E-state index contributed by atoms with van der Waals surface area (Å²) in [4.78, 5) is 27.1. The molecule has 0 bridgehead atoms. The second-order valence-electron chi connectivity index (χ2n) is 8.62. The van der Waals surface area contributed by atoms with E-state index >= 15 is 0 Å². The topological polar surface area (TPSA) is 63.6 Å². The number of aryl methyl sites for hydroxylation is 1. The summed E-state index contributed by atoms with van der Waals surface area (Å²) < 4.78 is 7.83. The number of hydrogen-bond donors (Lipinski definition) is 1. The van der Waals surface area contributed by atoms with Crippen molar-refractivity contribution in [1.82, 2.24) is 14.8 Å². The smallest absolute Gasteiger partial charge is 0.318 e. The van der Waals surface area contributed by atoms with Crippen LogP contribution in [0.3, 0.4) is 0 Å². The maximum atomic E-state index is 12.9. The van der Waals surface area contributed by atoms with Crippen molar-refractivity contribution in [3.8, 4) is 5.75 Å². The molecule has 6 heteroatoms. The normalized spacial score (nSPS) is 16.0. The quantitative estimate of drug-likeness (QED) is 0.643. The van der Waals surface area contributed by atoms with Crippen LogP contribution in [0.15, 0.2) is 77.6 Å². The first-order chi connectivity index (χ1) is 15.6. The van der Waals surface area contributed by atoms with Crippen molar-refractivity contribution in [1.29, 1.82) is 0 Å². The summed E-state index contributed by atoms with van der Waals surface area (Å²) in [5.41, 5.74) is 2.99. The molecule has 1 aromatic heterocycles. The fraction of sp³-hybridized carbons (Fsp3) is 0.308. The lowest BCUT2D eigenvalue weighted by Crippen LogP contribution is -2.59. The summed E-state index contributed by atoms with van der Waals surface area (Å²) in [7, 11) is 0. The maximum absolute atomic E-state index is 12.9. The molecule has 164 valence electrons. The highest BCUT2D eigenvalue weighted by atomic mass is 16.5. The number of nitrogens with zero attached hydrogens (tertiary/aromatic N) is 2. The van der Waals surface area contributed by atoms with E-state index in [4.69, 9.17) is 4.74 Å². The number of urea groups is 1. The first kappa shape index (κ1) is 20.4. The van der Waals surface area contributed by atoms with Crippen LogP contribution in [0.5, 0.6) is 5.75 Å². The second kappa shape index (κ2) is 8.54. The van der Waals surface area contributed by atoms with Crippen molar-refractivity contribution in [2.75, 3.05) is 13.1 Å². The average molecular weight is 430 g/mol. The van der Waals surface area contributed by atoms with Crippen molar-refractivity contribution in [2.24, 2.45) is 0 Å². The van der Waals surface area contributed by atoms with Gasteiger partial charge in [-0.05, 0) is 37.0 Å². The molecule has 6 nitrogen and oxygen atoms in total. The molecule has 2 amide bonds. The van der Waals surface area contributed by atoms with Gasteiger partial charge >= 0.3 is 6.03 Å². The number of nitrogens with one attached hydrogen (secondary N) is 1. The Kier molecular flexibility index (Phi) is 5.43. The van der Waals surface area contributed by atoms with E-state index in [1.807, 2.05) is 78.2 Å². The second-order valence-corrected chi connectivity index (χ2v) is 8.62. The van der Waals surface area contributed by atoms with Gasteiger partial charge in [-0.3, -0.25) is 4.79 Å². The number of ether oxygens (including phenoxy) is 1. The summed E-state index contributed by atoms with van der Waals surface area (Å²) >= 11 is 0. The van der Waals surface area contributed by atoms with E-state index in [0.29, 0.717) is 24.9 Å². The Morgan fingerprint density at radius 3 is 2.09 bits per heavy atom. The Balaban J connectivity index is 1.22. The molecule has 2 aromatic carbocycles. The van der Waals surface area contributed by atoms with E-state index in [-0.39, 0.29) is 23.7 Å². The highest BCUT2D eigenvalue weighted by molar-refractivity contribution is 5.76. The van der Waals surface area contributed by atoms with Gasteiger partial charge in [0, 0.05) is 17.8 Å². The molecule has 3 aromatic rings. The van der Waals surface area contributed by atoms with Crippen LogP contribution in [-0.4, -0.2) is 34.7 Å². The molecule has 0 radical (unpaired) electrons. The van der Waals surface area contributed by atoms with E-state index in [9.17, 15) is 9.59 Å². The maximum Gasteiger partial charge on any atom is 0.318 e. The van der Waals surface area contributed by atoms with Crippen LogP contribution in [0, 0.1) is 6.92 Å². The first-order valence-corrected chi connectivity index (χ1v) is 11.1. The molecule has 0 spiro atoms. The van der Waals surface area contributed by atoms with Gasteiger partial charge in [-0.25, -0.2) is 4.79 Å². The van der Waals surface area contributed by atoms with Crippen molar-refractivity contribution in [3.05, 3.63) is 100.0 Å². The monoisotopic (exact) mass is 429 g/mol. The molecule has 0 unspecified atom stereocenters. The van der Waals surface area contributed by atoms with Crippen LogP contribution in [0.2, 0.25) is 0 Å². The zero-order valence-corrected chi connectivity index (χ0v) is 18.1. The average Bonchev–Trinajstić information content (AvgIpc) is 3.60. The molecular formula is C26H27N3O3. The van der Waals surface area contributed by atoms with Gasteiger partial charge in [0.2, 0.25) is 0 Å². The van der Waals surface area contributed by atoms with Gasteiger partial charge in [0.25, 0.3) is 5.56 Å². The summed E-state index contributed by atoms with van der Waals surface area (Å²) in [6.45, 7) is 2.93. The molecule has 0 atom stereocenters. The molecule has 2 aliphatic rings. The number of aromatic nitrogens is 1. The van der Waals surface area contributed by atoms with Crippen LogP contribution in [0.25, 0.3) is 0 Å². The van der Waals surface area contributed by atoms with Gasteiger partial charge in [-0.15, -0.1) is 0 Å². The lowest BCUT2D eigenvalue weighted by atomic mass is 9.99. The lowest BCUT2D eigenvalue weighted by Gasteiger charge is -2.39. The fourth-order valence-electron chi connectivity index (χ4n) is 4.29. The number of carbonyl (C=O) groups is 1. The number of hydrogen-bond acceptors (Lipinski definition) is 3. The van der Waals surface area contributed by atoms with Gasteiger partial charge in [-0.1, -0.05) is 60.7 Å². The van der Waals surface area contributed by atoms with Gasteiger partial charge < -0.3 is 19.5 Å². The van der Waals surface area contributed by atoms with Crippen LogP contribution in [-0.2, 0) is 0 Å². The number of rotatable bonds is 6. The van der Waals surface area contributed by atoms with Crippen molar-refractivity contribution in [2.45, 2.75) is 38.0 Å². The SMILES string of the molecule is Cc1cc(OC2CN(C(=O)NC(c3ccccc3)c3ccccc3)C2)cc(=O)n1C1CC1. The Bertz CT molecular complexity index is 1110. The molecule has 1 saturated carbocycles. The Morgan fingerprint density at radius 1 is 0.969 bits per heavy atom. The third-order valence-electron chi connectivity index (χ3n) is 6.12. The van der Waals surface area contributed by atoms with E-state index in [2.05, 4.69) is 5.32 Å². The lowest BCUT2D eigenvalue weighted by molar-refractivity contribution is 0.0436. The minimum Gasteiger partial charge on any atom is -0.486 e.